The number of furan rings is 1. The first-order valence-electron chi connectivity index (χ1n) is 13.3. The minimum absolute atomic E-state index is 0. The molecule has 0 amide bonds. The Bertz CT molecular complexity index is 1930. The summed E-state index contributed by atoms with van der Waals surface area (Å²) in [6.45, 7) is 1.95. The zero-order valence-corrected chi connectivity index (χ0v) is 23.8. The summed E-state index contributed by atoms with van der Waals surface area (Å²) in [7, 11) is 0. The molecule has 7 aromatic rings. The maximum atomic E-state index is 7.57. The number of rotatable bonds is 2. The Labute approximate surface area is 243 Å². The van der Waals surface area contributed by atoms with Crippen LogP contribution in [0.3, 0.4) is 0 Å². The minimum Gasteiger partial charge on any atom is -0.486 e. The first kappa shape index (κ1) is 22.3. The molecule has 0 atom stereocenters. The SMILES string of the molecule is [2H]C([2H])([2H])c1ccc2c(n1)oc1c(-c3cc4c(C)c(C)sc4cn3)[c-]ccc12.[Ir].[c-]1ccccc1-c1ccccn1. The molecule has 1 radical (unpaired) electrons. The molecule has 189 valence electrons. The van der Waals surface area contributed by atoms with Gasteiger partial charge >= 0.3 is 0 Å². The Morgan fingerprint density at radius 1 is 0.868 bits per heavy atom. The standard InChI is InChI=1S/C21H15N2OS.C11H8N.Ir/c1-11-7-8-15-14-5-4-6-16(20(14)24-21(15)23-11)18-9-17-12(2)13(3)25-19(17)10-22-18;1-2-6-10(7-3-1)11-8-4-5-9-12-11;/h4-5,7-10H,1-3H3;1-6,8-9H;/q2*-1;/i1D3;;. The molecule has 6 heteroatoms. The third kappa shape index (κ3) is 4.91. The molecule has 0 aliphatic heterocycles. The van der Waals surface area contributed by atoms with E-state index in [0.717, 1.165) is 38.0 Å². The number of hydrogen-bond acceptors (Lipinski definition) is 5. The maximum Gasteiger partial charge on any atom is 0.216 e. The first-order chi connectivity index (χ1) is 19.3. The zero-order chi connectivity index (χ0) is 27.9. The largest absolute Gasteiger partial charge is 0.486 e. The molecule has 0 aliphatic rings. The molecule has 5 heterocycles. The Kier molecular flexibility index (Phi) is 6.43. The van der Waals surface area contributed by atoms with E-state index in [4.69, 9.17) is 8.53 Å². The van der Waals surface area contributed by atoms with Crippen LogP contribution in [-0.2, 0) is 20.1 Å². The number of nitrogens with zero attached hydrogens (tertiary/aromatic N) is 3. The third-order valence-electron chi connectivity index (χ3n) is 6.27. The number of hydrogen-bond donors (Lipinski definition) is 0. The van der Waals surface area contributed by atoms with E-state index in [2.05, 4.69) is 47.0 Å². The minimum atomic E-state index is -2.27. The number of aromatic nitrogens is 3. The van der Waals surface area contributed by atoms with Gasteiger partial charge in [0.15, 0.2) is 0 Å². The summed E-state index contributed by atoms with van der Waals surface area (Å²) in [5, 5.41) is 2.83. The van der Waals surface area contributed by atoms with Crippen LogP contribution < -0.4 is 0 Å². The Hall–Kier alpha value is -3.70. The van der Waals surface area contributed by atoms with Gasteiger partial charge < -0.3 is 14.4 Å². The van der Waals surface area contributed by atoms with Crippen LogP contribution >= 0.6 is 11.3 Å². The van der Waals surface area contributed by atoms with Gasteiger partial charge in [0.2, 0.25) is 5.71 Å². The Morgan fingerprint density at radius 2 is 1.76 bits per heavy atom. The van der Waals surface area contributed by atoms with Gasteiger partial charge in [0, 0.05) is 52.6 Å². The van der Waals surface area contributed by atoms with Gasteiger partial charge in [-0.2, -0.15) is 0 Å². The van der Waals surface area contributed by atoms with Gasteiger partial charge in [0.1, 0.15) is 0 Å². The zero-order valence-electron chi connectivity index (χ0n) is 23.6. The Morgan fingerprint density at radius 3 is 2.55 bits per heavy atom. The number of aryl methyl sites for hydroxylation is 3. The second-order valence-corrected chi connectivity index (χ2v) is 9.84. The van der Waals surface area contributed by atoms with Gasteiger partial charge in [-0.05, 0) is 61.2 Å². The summed E-state index contributed by atoms with van der Waals surface area (Å²) in [6, 6.07) is 29.1. The molecule has 0 unspecified atom stereocenters. The van der Waals surface area contributed by atoms with Crippen molar-refractivity contribution in [3.8, 4) is 22.5 Å². The summed E-state index contributed by atoms with van der Waals surface area (Å²) in [4.78, 5) is 14.3. The van der Waals surface area contributed by atoms with Crippen molar-refractivity contribution in [3.63, 3.8) is 0 Å². The van der Waals surface area contributed by atoms with E-state index < -0.39 is 6.85 Å². The predicted molar refractivity (Wildman–Crippen MR) is 152 cm³/mol. The second kappa shape index (κ2) is 11.0. The van der Waals surface area contributed by atoms with E-state index in [-0.39, 0.29) is 25.8 Å². The molecule has 4 nitrogen and oxygen atoms in total. The molecule has 0 spiro atoms. The van der Waals surface area contributed by atoms with Crippen molar-refractivity contribution in [2.45, 2.75) is 20.7 Å². The van der Waals surface area contributed by atoms with Crippen LogP contribution in [0.2, 0.25) is 0 Å². The van der Waals surface area contributed by atoms with Crippen LogP contribution in [0.15, 0.2) is 89.6 Å². The van der Waals surface area contributed by atoms with E-state index in [0.29, 0.717) is 11.3 Å². The van der Waals surface area contributed by atoms with Gasteiger partial charge in [0.25, 0.3) is 0 Å². The van der Waals surface area contributed by atoms with Gasteiger partial charge in [-0.1, -0.05) is 29.1 Å². The number of fused-ring (bicyclic) bond motifs is 4. The first-order valence-corrected chi connectivity index (χ1v) is 12.6. The molecule has 38 heavy (non-hydrogen) atoms. The van der Waals surface area contributed by atoms with Crippen molar-refractivity contribution < 1.29 is 28.6 Å². The molecule has 5 aromatic heterocycles. The molecule has 2 aromatic carbocycles. The van der Waals surface area contributed by atoms with Crippen LogP contribution in [0, 0.1) is 32.8 Å². The Balaban J connectivity index is 0.000000218. The second-order valence-electron chi connectivity index (χ2n) is 8.59. The quantitative estimate of drug-likeness (QED) is 0.171. The molecule has 7 rings (SSSR count). The van der Waals surface area contributed by atoms with Gasteiger partial charge in [-0.3, -0.25) is 0 Å². The summed E-state index contributed by atoms with van der Waals surface area (Å²) >= 11 is 1.73. The summed E-state index contributed by atoms with van der Waals surface area (Å²) in [5.74, 6) is 0. The van der Waals surface area contributed by atoms with Crippen molar-refractivity contribution >= 4 is 43.5 Å². The van der Waals surface area contributed by atoms with Crippen LogP contribution in [0.25, 0.3) is 54.7 Å². The van der Waals surface area contributed by atoms with E-state index in [9.17, 15) is 0 Å². The van der Waals surface area contributed by atoms with E-state index in [1.807, 2.05) is 60.8 Å². The average molecular weight is 693 g/mol. The maximum absolute atomic E-state index is 7.57. The van der Waals surface area contributed by atoms with Crippen molar-refractivity contribution in [2.24, 2.45) is 0 Å². The summed E-state index contributed by atoms with van der Waals surface area (Å²) in [6.07, 6.45) is 3.67. The van der Waals surface area contributed by atoms with Gasteiger partial charge in [0.05, 0.1) is 10.3 Å². The van der Waals surface area contributed by atoms with Crippen LogP contribution in [-0.4, -0.2) is 15.0 Å². The fraction of sp³-hybridized carbons (Fsp3) is 0.0938. The molecular weight excluding hydrogens is 667 g/mol. The molecule has 0 aliphatic carbocycles. The van der Waals surface area contributed by atoms with Crippen molar-refractivity contribution in [2.75, 3.05) is 0 Å². The molecule has 0 saturated heterocycles. The fourth-order valence-corrected chi connectivity index (χ4v) is 5.29. The normalized spacial score (nSPS) is 12.3. The van der Waals surface area contributed by atoms with Gasteiger partial charge in [-0.15, -0.1) is 65.4 Å². The molecule has 0 N–H and O–H groups in total. The van der Waals surface area contributed by atoms with Crippen molar-refractivity contribution in [3.05, 3.63) is 113 Å². The van der Waals surface area contributed by atoms with E-state index in [1.54, 1.807) is 23.6 Å². The fourth-order valence-electron chi connectivity index (χ4n) is 4.27. The van der Waals surface area contributed by atoms with Crippen molar-refractivity contribution in [1.29, 1.82) is 0 Å². The predicted octanol–water partition coefficient (Wildman–Crippen LogP) is 8.53. The number of pyridine rings is 3. The number of benzene rings is 2. The number of thiophene rings is 1. The topological polar surface area (TPSA) is 51.8 Å². The van der Waals surface area contributed by atoms with Crippen molar-refractivity contribution in [1.82, 2.24) is 15.0 Å². The van der Waals surface area contributed by atoms with Crippen LogP contribution in [0.4, 0.5) is 0 Å². The monoisotopic (exact) mass is 693 g/mol. The summed E-state index contributed by atoms with van der Waals surface area (Å²) in [5.41, 5.74) is 5.73. The van der Waals surface area contributed by atoms with E-state index >= 15 is 0 Å². The molecule has 0 fully saturated rings. The molecule has 0 saturated carbocycles. The van der Waals surface area contributed by atoms with Gasteiger partial charge in [-0.25, -0.2) is 4.98 Å². The molecule has 0 bridgehead atoms. The average Bonchev–Trinajstić information content (AvgIpc) is 3.49. The smallest absolute Gasteiger partial charge is 0.216 e. The van der Waals surface area contributed by atoms with Crippen LogP contribution in [0.5, 0.6) is 0 Å². The van der Waals surface area contributed by atoms with E-state index in [1.165, 1.54) is 21.9 Å². The molecular formula is C32H23IrN3OS-2. The van der Waals surface area contributed by atoms with Crippen LogP contribution in [0.1, 0.15) is 20.2 Å². The third-order valence-corrected chi connectivity index (χ3v) is 7.42. The summed E-state index contributed by atoms with van der Waals surface area (Å²) < 4.78 is 29.9.